The first-order valence-electron chi connectivity index (χ1n) is 10.2. The summed E-state index contributed by atoms with van der Waals surface area (Å²) in [7, 11) is 3.22. The van der Waals surface area contributed by atoms with E-state index in [1.807, 2.05) is 48.7 Å². The molecule has 0 radical (unpaired) electrons. The molecule has 0 unspecified atom stereocenters. The van der Waals surface area contributed by atoms with E-state index in [1.165, 1.54) is 10.7 Å². The number of fused-ring (bicyclic) bond motifs is 1. The Kier molecular flexibility index (Phi) is 6.21. The highest BCUT2D eigenvalue weighted by atomic mass is 16.5. The zero-order chi connectivity index (χ0) is 22.5. The van der Waals surface area contributed by atoms with E-state index in [9.17, 15) is 9.59 Å². The number of amides is 1. The van der Waals surface area contributed by atoms with Crippen molar-refractivity contribution >= 4 is 16.8 Å². The van der Waals surface area contributed by atoms with Gasteiger partial charge in [0.2, 0.25) is 5.91 Å². The molecule has 2 N–H and O–H groups in total. The normalized spacial score (nSPS) is 10.8. The number of hydrogen-bond donors (Lipinski definition) is 2. The van der Waals surface area contributed by atoms with Crippen LogP contribution in [0.5, 0.6) is 11.5 Å². The second-order valence-electron chi connectivity index (χ2n) is 7.27. The summed E-state index contributed by atoms with van der Waals surface area (Å²) >= 11 is 0. The summed E-state index contributed by atoms with van der Waals surface area (Å²) in [6.45, 7) is 0.283. The van der Waals surface area contributed by atoms with Crippen molar-refractivity contribution in [2.75, 3.05) is 20.8 Å². The summed E-state index contributed by atoms with van der Waals surface area (Å²) in [4.78, 5) is 27.9. The van der Waals surface area contributed by atoms with Crippen molar-refractivity contribution in [3.63, 3.8) is 0 Å². The number of aromatic amines is 1. The van der Waals surface area contributed by atoms with Gasteiger partial charge in [0.1, 0.15) is 18.0 Å². The molecule has 0 saturated carbocycles. The molecule has 8 nitrogen and oxygen atoms in total. The molecule has 2 heterocycles. The van der Waals surface area contributed by atoms with Crippen LogP contribution < -0.4 is 20.3 Å². The van der Waals surface area contributed by atoms with E-state index in [-0.39, 0.29) is 18.0 Å². The Balaban J connectivity index is 1.40. The average molecular weight is 432 g/mol. The van der Waals surface area contributed by atoms with Crippen LogP contribution in [0.2, 0.25) is 0 Å². The summed E-state index contributed by atoms with van der Waals surface area (Å²) in [5, 5.41) is 8.27. The minimum atomic E-state index is -0.337. The molecule has 1 amide bonds. The standard InChI is InChI=1S/C24H24N4O4/c1-31-18-5-3-4-16(12-18)21-8-9-24(30)28(27-21)15-23(29)25-11-10-17-14-26-22-7-6-19(32-2)13-20(17)22/h3-9,12-14,26H,10-11,15H2,1-2H3,(H,25,29). The van der Waals surface area contributed by atoms with Crippen LogP contribution in [-0.2, 0) is 17.8 Å². The summed E-state index contributed by atoms with van der Waals surface area (Å²) < 4.78 is 11.7. The molecule has 32 heavy (non-hydrogen) atoms. The molecule has 0 aliphatic rings. The smallest absolute Gasteiger partial charge is 0.267 e. The van der Waals surface area contributed by atoms with Crippen LogP contribution in [0.3, 0.4) is 0 Å². The molecule has 0 spiro atoms. The van der Waals surface area contributed by atoms with E-state index in [1.54, 1.807) is 20.3 Å². The third-order valence-electron chi connectivity index (χ3n) is 5.22. The Bertz CT molecular complexity index is 1310. The fraction of sp³-hybridized carbons (Fsp3) is 0.208. The second-order valence-corrected chi connectivity index (χ2v) is 7.27. The maximum atomic E-state index is 12.4. The quantitative estimate of drug-likeness (QED) is 0.446. The molecule has 0 saturated heterocycles. The van der Waals surface area contributed by atoms with E-state index in [2.05, 4.69) is 15.4 Å². The molecule has 4 rings (SSSR count). The lowest BCUT2D eigenvalue weighted by Gasteiger charge is -2.09. The minimum Gasteiger partial charge on any atom is -0.497 e. The molecule has 0 aliphatic carbocycles. The Labute approximate surface area is 184 Å². The fourth-order valence-corrected chi connectivity index (χ4v) is 3.52. The van der Waals surface area contributed by atoms with Crippen molar-refractivity contribution in [1.29, 1.82) is 0 Å². The zero-order valence-electron chi connectivity index (χ0n) is 17.9. The van der Waals surface area contributed by atoms with Gasteiger partial charge in [-0.2, -0.15) is 5.10 Å². The monoisotopic (exact) mass is 432 g/mol. The Morgan fingerprint density at radius 2 is 1.88 bits per heavy atom. The van der Waals surface area contributed by atoms with Crippen molar-refractivity contribution in [3.05, 3.63) is 76.7 Å². The fourth-order valence-electron chi connectivity index (χ4n) is 3.52. The van der Waals surface area contributed by atoms with Crippen molar-refractivity contribution < 1.29 is 14.3 Å². The largest absolute Gasteiger partial charge is 0.497 e. The van der Waals surface area contributed by atoms with Gasteiger partial charge in [0.15, 0.2) is 0 Å². The summed E-state index contributed by atoms with van der Waals surface area (Å²) in [5.74, 6) is 1.19. The van der Waals surface area contributed by atoms with Gasteiger partial charge in [0.25, 0.3) is 5.56 Å². The van der Waals surface area contributed by atoms with Crippen LogP contribution in [0.4, 0.5) is 0 Å². The third-order valence-corrected chi connectivity index (χ3v) is 5.22. The predicted molar refractivity (Wildman–Crippen MR) is 122 cm³/mol. The molecule has 2 aromatic heterocycles. The van der Waals surface area contributed by atoms with Gasteiger partial charge in [-0.3, -0.25) is 9.59 Å². The van der Waals surface area contributed by atoms with Gasteiger partial charge in [-0.05, 0) is 48.4 Å². The van der Waals surface area contributed by atoms with E-state index < -0.39 is 0 Å². The summed E-state index contributed by atoms with van der Waals surface area (Å²) in [6.07, 6.45) is 2.57. The number of nitrogens with one attached hydrogen (secondary N) is 2. The number of rotatable bonds is 8. The summed E-state index contributed by atoms with van der Waals surface area (Å²) in [5.41, 5.74) is 3.14. The lowest BCUT2D eigenvalue weighted by atomic mass is 10.1. The van der Waals surface area contributed by atoms with E-state index in [0.717, 1.165) is 27.8 Å². The topological polar surface area (TPSA) is 98.2 Å². The van der Waals surface area contributed by atoms with Crippen LogP contribution in [0, 0.1) is 0 Å². The molecular weight excluding hydrogens is 408 g/mol. The number of benzene rings is 2. The molecule has 164 valence electrons. The molecule has 0 aliphatic heterocycles. The van der Waals surface area contributed by atoms with Crippen LogP contribution in [-0.4, -0.2) is 41.4 Å². The summed E-state index contributed by atoms with van der Waals surface area (Å²) in [6, 6.07) is 16.2. The van der Waals surface area contributed by atoms with Crippen LogP contribution in [0.15, 0.2) is 65.6 Å². The van der Waals surface area contributed by atoms with E-state index in [4.69, 9.17) is 9.47 Å². The van der Waals surface area contributed by atoms with Gasteiger partial charge in [0.05, 0.1) is 19.9 Å². The highest BCUT2D eigenvalue weighted by Crippen LogP contribution is 2.24. The van der Waals surface area contributed by atoms with Gasteiger partial charge in [0, 0.05) is 35.3 Å². The van der Waals surface area contributed by atoms with Crippen molar-refractivity contribution in [2.24, 2.45) is 0 Å². The number of H-pyrrole nitrogens is 1. The SMILES string of the molecule is COc1cccc(-c2ccc(=O)n(CC(=O)NCCc3c[nH]c4ccc(OC)cc34)n2)c1. The first kappa shape index (κ1) is 21.2. The zero-order valence-corrected chi connectivity index (χ0v) is 17.9. The van der Waals surface area contributed by atoms with Gasteiger partial charge >= 0.3 is 0 Å². The number of ether oxygens (including phenoxy) is 2. The van der Waals surface area contributed by atoms with E-state index >= 15 is 0 Å². The Morgan fingerprint density at radius 3 is 2.69 bits per heavy atom. The second kappa shape index (κ2) is 9.38. The molecule has 8 heteroatoms. The maximum absolute atomic E-state index is 12.4. The first-order valence-corrected chi connectivity index (χ1v) is 10.2. The molecule has 0 bridgehead atoms. The van der Waals surface area contributed by atoms with Crippen LogP contribution in [0.1, 0.15) is 5.56 Å². The Morgan fingerprint density at radius 1 is 1.06 bits per heavy atom. The minimum absolute atomic E-state index is 0.154. The molecule has 2 aromatic carbocycles. The van der Waals surface area contributed by atoms with Gasteiger partial charge in [-0.25, -0.2) is 4.68 Å². The predicted octanol–water partition coefficient (Wildman–Crippen LogP) is 2.77. The molecular formula is C24H24N4O4. The van der Waals surface area contributed by atoms with Crippen LogP contribution in [0.25, 0.3) is 22.2 Å². The highest BCUT2D eigenvalue weighted by molar-refractivity contribution is 5.84. The number of carbonyl (C=O) groups is 1. The number of methoxy groups -OCH3 is 2. The van der Waals surface area contributed by atoms with Crippen molar-refractivity contribution in [2.45, 2.75) is 13.0 Å². The number of aromatic nitrogens is 3. The molecule has 0 atom stereocenters. The molecule has 0 fully saturated rings. The average Bonchev–Trinajstić information content (AvgIpc) is 3.22. The van der Waals surface area contributed by atoms with Gasteiger partial charge < -0.3 is 19.8 Å². The maximum Gasteiger partial charge on any atom is 0.267 e. The van der Waals surface area contributed by atoms with Crippen LogP contribution >= 0.6 is 0 Å². The van der Waals surface area contributed by atoms with Crippen molar-refractivity contribution in [1.82, 2.24) is 20.1 Å². The number of carbonyl (C=O) groups excluding carboxylic acids is 1. The third kappa shape index (κ3) is 4.64. The first-order chi connectivity index (χ1) is 15.6. The van der Waals surface area contributed by atoms with Crippen molar-refractivity contribution in [3.8, 4) is 22.8 Å². The molecule has 4 aromatic rings. The van der Waals surface area contributed by atoms with Gasteiger partial charge in [-0.15, -0.1) is 0 Å². The number of nitrogens with zero attached hydrogens (tertiary/aromatic N) is 2. The lowest BCUT2D eigenvalue weighted by Crippen LogP contribution is -2.34. The highest BCUT2D eigenvalue weighted by Gasteiger charge is 2.10. The van der Waals surface area contributed by atoms with Gasteiger partial charge in [-0.1, -0.05) is 12.1 Å². The van der Waals surface area contributed by atoms with E-state index in [0.29, 0.717) is 24.4 Å². The lowest BCUT2D eigenvalue weighted by molar-refractivity contribution is -0.121. The number of hydrogen-bond acceptors (Lipinski definition) is 5. The Hall–Kier alpha value is -4.07.